The van der Waals surface area contributed by atoms with Crippen molar-refractivity contribution in [3.8, 4) is 11.5 Å². The Morgan fingerprint density at radius 3 is 2.47 bits per heavy atom. The molecular weight excluding hydrogens is 415 g/mol. The zero-order chi connectivity index (χ0) is 22.8. The molecule has 1 fully saturated rings. The van der Waals surface area contributed by atoms with Crippen LogP contribution in [-0.2, 0) is 9.59 Å². The van der Waals surface area contributed by atoms with Crippen LogP contribution in [0.5, 0.6) is 11.5 Å². The SMILES string of the molecule is CCN(CC)CCN1C(=O)C(=O)/C(=C(/O)c2ccc3c(c2)OCO3)C1c1ccc(F)cc1. The minimum absolute atomic E-state index is 0.0278. The Morgan fingerprint density at radius 1 is 1.09 bits per heavy atom. The summed E-state index contributed by atoms with van der Waals surface area (Å²) in [6.45, 7) is 6.60. The normalized spacial score (nSPS) is 19.2. The average Bonchev–Trinajstić information content (AvgIpc) is 3.37. The lowest BCUT2D eigenvalue weighted by Crippen LogP contribution is -2.38. The lowest BCUT2D eigenvalue weighted by atomic mass is 9.95. The number of Topliss-reactive ketones (excluding diaryl/α,β-unsaturated/α-hetero) is 1. The first-order chi connectivity index (χ1) is 15.4. The number of hydrogen-bond acceptors (Lipinski definition) is 6. The highest BCUT2D eigenvalue weighted by molar-refractivity contribution is 6.46. The number of benzene rings is 2. The molecule has 0 bridgehead atoms. The summed E-state index contributed by atoms with van der Waals surface area (Å²) in [4.78, 5) is 29.6. The Hall–Kier alpha value is -3.39. The topological polar surface area (TPSA) is 79.3 Å². The highest BCUT2D eigenvalue weighted by Gasteiger charge is 2.46. The van der Waals surface area contributed by atoms with E-state index in [4.69, 9.17) is 9.47 Å². The molecule has 0 saturated carbocycles. The molecule has 0 spiro atoms. The van der Waals surface area contributed by atoms with Crippen molar-refractivity contribution >= 4 is 17.4 Å². The second-order valence-corrected chi connectivity index (χ2v) is 7.64. The highest BCUT2D eigenvalue weighted by Crippen LogP contribution is 2.41. The van der Waals surface area contributed by atoms with E-state index >= 15 is 0 Å². The van der Waals surface area contributed by atoms with Crippen LogP contribution in [0.25, 0.3) is 5.76 Å². The van der Waals surface area contributed by atoms with E-state index in [1.165, 1.54) is 29.2 Å². The Morgan fingerprint density at radius 2 is 1.78 bits per heavy atom. The lowest BCUT2D eigenvalue weighted by Gasteiger charge is -2.28. The van der Waals surface area contributed by atoms with Crippen LogP contribution in [0.2, 0.25) is 0 Å². The van der Waals surface area contributed by atoms with Gasteiger partial charge < -0.3 is 24.4 Å². The van der Waals surface area contributed by atoms with Crippen LogP contribution >= 0.6 is 0 Å². The molecule has 1 N–H and O–H groups in total. The van der Waals surface area contributed by atoms with Gasteiger partial charge in [0.25, 0.3) is 11.7 Å². The number of carbonyl (C=O) groups excluding carboxylic acids is 2. The maximum atomic E-state index is 13.6. The molecule has 1 amide bonds. The second-order valence-electron chi connectivity index (χ2n) is 7.64. The monoisotopic (exact) mass is 440 g/mol. The van der Waals surface area contributed by atoms with Gasteiger partial charge in [-0.3, -0.25) is 9.59 Å². The molecule has 0 aliphatic carbocycles. The number of likely N-dealkylation sites (N-methyl/N-ethyl adjacent to an activating group) is 1. The molecule has 7 nitrogen and oxygen atoms in total. The van der Waals surface area contributed by atoms with E-state index in [0.717, 1.165) is 13.1 Å². The number of fused-ring (bicyclic) bond motifs is 1. The first kappa shape index (κ1) is 21.8. The van der Waals surface area contributed by atoms with Crippen LogP contribution in [0.4, 0.5) is 4.39 Å². The molecule has 2 aromatic rings. The molecule has 32 heavy (non-hydrogen) atoms. The Bertz CT molecular complexity index is 1060. The molecule has 0 radical (unpaired) electrons. The third kappa shape index (κ3) is 3.93. The van der Waals surface area contributed by atoms with E-state index in [0.29, 0.717) is 35.7 Å². The summed E-state index contributed by atoms with van der Waals surface area (Å²) in [7, 11) is 0. The van der Waals surface area contributed by atoms with Gasteiger partial charge in [0.05, 0.1) is 11.6 Å². The first-order valence-electron chi connectivity index (χ1n) is 10.6. The van der Waals surface area contributed by atoms with Crippen molar-refractivity contribution in [3.63, 3.8) is 0 Å². The molecule has 1 unspecified atom stereocenters. The molecule has 2 aromatic carbocycles. The largest absolute Gasteiger partial charge is 0.507 e. The quantitative estimate of drug-likeness (QED) is 0.404. The average molecular weight is 440 g/mol. The summed E-state index contributed by atoms with van der Waals surface area (Å²) in [5.41, 5.74) is 0.857. The lowest BCUT2D eigenvalue weighted by molar-refractivity contribution is -0.140. The molecule has 2 aliphatic heterocycles. The minimum atomic E-state index is -0.823. The van der Waals surface area contributed by atoms with Crippen molar-refractivity contribution in [3.05, 3.63) is 65.0 Å². The molecule has 1 saturated heterocycles. The van der Waals surface area contributed by atoms with Gasteiger partial charge >= 0.3 is 0 Å². The predicted molar refractivity (Wildman–Crippen MR) is 116 cm³/mol. The van der Waals surface area contributed by atoms with Crippen LogP contribution in [-0.4, -0.2) is 59.6 Å². The molecule has 8 heteroatoms. The molecule has 2 heterocycles. The predicted octanol–water partition coefficient (Wildman–Crippen LogP) is 3.32. The van der Waals surface area contributed by atoms with E-state index in [1.807, 2.05) is 13.8 Å². The van der Waals surface area contributed by atoms with Gasteiger partial charge in [-0.2, -0.15) is 0 Å². The fraction of sp³-hybridized carbons (Fsp3) is 0.333. The molecule has 2 aliphatic rings. The number of rotatable bonds is 7. The van der Waals surface area contributed by atoms with E-state index in [1.54, 1.807) is 18.2 Å². The smallest absolute Gasteiger partial charge is 0.295 e. The summed E-state index contributed by atoms with van der Waals surface area (Å²) in [5, 5.41) is 11.1. The number of ether oxygens (including phenoxy) is 2. The molecule has 4 rings (SSSR count). The zero-order valence-corrected chi connectivity index (χ0v) is 18.0. The second kappa shape index (κ2) is 9.00. The highest BCUT2D eigenvalue weighted by atomic mass is 19.1. The minimum Gasteiger partial charge on any atom is -0.507 e. The summed E-state index contributed by atoms with van der Waals surface area (Å²) < 4.78 is 24.2. The van der Waals surface area contributed by atoms with Gasteiger partial charge in [0.15, 0.2) is 11.5 Å². The summed E-state index contributed by atoms with van der Waals surface area (Å²) >= 11 is 0. The van der Waals surface area contributed by atoms with Crippen molar-refractivity contribution in [2.24, 2.45) is 0 Å². The fourth-order valence-electron chi connectivity index (χ4n) is 4.09. The van der Waals surface area contributed by atoms with Crippen molar-refractivity contribution in [2.45, 2.75) is 19.9 Å². The maximum Gasteiger partial charge on any atom is 0.295 e. The van der Waals surface area contributed by atoms with E-state index < -0.39 is 23.5 Å². The summed E-state index contributed by atoms with van der Waals surface area (Å²) in [6, 6.07) is 9.61. The first-order valence-corrected chi connectivity index (χ1v) is 10.6. The third-order valence-corrected chi connectivity index (χ3v) is 5.92. The number of hydrogen-bond donors (Lipinski definition) is 1. The van der Waals surface area contributed by atoms with Crippen molar-refractivity contribution < 1.29 is 28.6 Å². The van der Waals surface area contributed by atoms with Gasteiger partial charge in [-0.05, 0) is 49.0 Å². The third-order valence-electron chi connectivity index (χ3n) is 5.92. The Labute approximate surface area is 185 Å². The number of likely N-dealkylation sites (tertiary alicyclic amines) is 1. The number of amides is 1. The van der Waals surface area contributed by atoms with E-state index in [2.05, 4.69) is 4.90 Å². The fourth-order valence-corrected chi connectivity index (χ4v) is 4.09. The summed E-state index contributed by atoms with van der Waals surface area (Å²) in [5.74, 6) is -1.20. The Kier molecular flexibility index (Phi) is 6.14. The molecule has 168 valence electrons. The van der Waals surface area contributed by atoms with Gasteiger partial charge in [-0.25, -0.2) is 4.39 Å². The van der Waals surface area contributed by atoms with Gasteiger partial charge in [0, 0.05) is 18.7 Å². The zero-order valence-electron chi connectivity index (χ0n) is 18.0. The van der Waals surface area contributed by atoms with Crippen LogP contribution in [0.15, 0.2) is 48.0 Å². The van der Waals surface area contributed by atoms with E-state index in [9.17, 15) is 19.1 Å². The van der Waals surface area contributed by atoms with Crippen LogP contribution in [0, 0.1) is 5.82 Å². The number of carbonyl (C=O) groups is 2. The van der Waals surface area contributed by atoms with Gasteiger partial charge in [-0.1, -0.05) is 26.0 Å². The van der Waals surface area contributed by atoms with Crippen LogP contribution in [0.1, 0.15) is 31.0 Å². The van der Waals surface area contributed by atoms with Crippen molar-refractivity contribution in [2.75, 3.05) is 33.0 Å². The summed E-state index contributed by atoms with van der Waals surface area (Å²) in [6.07, 6.45) is 0. The molecular formula is C24H25FN2O5. The van der Waals surface area contributed by atoms with E-state index in [-0.39, 0.29) is 18.1 Å². The molecule has 1 atom stereocenters. The number of aliphatic hydroxyl groups excluding tert-OH is 1. The van der Waals surface area contributed by atoms with Crippen molar-refractivity contribution in [1.82, 2.24) is 9.80 Å². The van der Waals surface area contributed by atoms with Crippen molar-refractivity contribution in [1.29, 1.82) is 0 Å². The van der Waals surface area contributed by atoms with Gasteiger partial charge in [0.1, 0.15) is 11.6 Å². The van der Waals surface area contributed by atoms with Gasteiger partial charge in [-0.15, -0.1) is 0 Å². The number of halogens is 1. The Balaban J connectivity index is 1.78. The van der Waals surface area contributed by atoms with Gasteiger partial charge in [0.2, 0.25) is 6.79 Å². The number of nitrogens with zero attached hydrogens (tertiary/aromatic N) is 2. The maximum absolute atomic E-state index is 13.6. The standard InChI is InChI=1S/C24H25FN2O5/c1-3-26(4-2)11-12-27-21(15-5-8-17(25)9-6-15)20(23(29)24(27)30)22(28)16-7-10-18-19(13-16)32-14-31-18/h5-10,13,21,28H,3-4,11-12,14H2,1-2H3/b22-20+. The van der Waals surface area contributed by atoms with Crippen LogP contribution < -0.4 is 9.47 Å². The number of aliphatic hydroxyl groups is 1. The molecule has 0 aromatic heterocycles. The van der Waals surface area contributed by atoms with Crippen LogP contribution in [0.3, 0.4) is 0 Å². The number of ketones is 1.